The van der Waals surface area contributed by atoms with Crippen LogP contribution < -0.4 is 0 Å². The highest BCUT2D eigenvalue weighted by molar-refractivity contribution is 7.86. The molecule has 0 aromatic heterocycles. The number of benzene rings is 2. The Morgan fingerprint density at radius 3 is 1.89 bits per heavy atom. The van der Waals surface area contributed by atoms with Gasteiger partial charge in [-0.2, -0.15) is 8.42 Å². The summed E-state index contributed by atoms with van der Waals surface area (Å²) in [6.07, 6.45) is 1.10. The number of hydrogen-bond donors (Lipinski definition) is 0. The van der Waals surface area contributed by atoms with E-state index in [0.717, 1.165) is 31.6 Å². The predicted molar refractivity (Wildman–Crippen MR) is 177 cm³/mol. The second-order valence-electron chi connectivity index (χ2n) is 14.5. The van der Waals surface area contributed by atoms with Crippen molar-refractivity contribution in [2.45, 2.75) is 122 Å². The minimum atomic E-state index is -3.86. The first kappa shape index (κ1) is 35.7. The summed E-state index contributed by atoms with van der Waals surface area (Å²) < 4.78 is 41.2. The number of ether oxygens (including phenoxy) is 2. The van der Waals surface area contributed by atoms with Crippen molar-refractivity contribution in [1.29, 1.82) is 0 Å². The molecule has 0 spiro atoms. The number of carbonyl (C=O) groups excluding carboxylic acids is 2. The van der Waals surface area contributed by atoms with Gasteiger partial charge >= 0.3 is 12.2 Å². The maximum atomic E-state index is 12.4. The summed E-state index contributed by atoms with van der Waals surface area (Å²) in [6, 6.07) is 17.8. The number of nitrogens with zero attached hydrogens (tertiary/aromatic N) is 3. The zero-order valence-corrected chi connectivity index (χ0v) is 29.4. The Kier molecular flexibility index (Phi) is 11.1. The number of carbonyl (C=O) groups is 2. The first-order valence-electron chi connectivity index (χ1n) is 16.2. The van der Waals surface area contributed by atoms with Crippen molar-refractivity contribution in [3.63, 3.8) is 0 Å². The van der Waals surface area contributed by atoms with Crippen molar-refractivity contribution < 1.29 is 31.7 Å². The minimum Gasteiger partial charge on any atom is -0.444 e. The number of rotatable bonds is 6. The molecule has 3 heterocycles. The van der Waals surface area contributed by atoms with Gasteiger partial charge in [-0.3, -0.25) is 9.08 Å². The van der Waals surface area contributed by atoms with E-state index < -0.39 is 33.5 Å². The summed E-state index contributed by atoms with van der Waals surface area (Å²) >= 11 is 0. The van der Waals surface area contributed by atoms with Crippen LogP contribution in [0.4, 0.5) is 9.59 Å². The van der Waals surface area contributed by atoms with Gasteiger partial charge in [0.05, 0.1) is 17.5 Å². The smallest absolute Gasteiger partial charge is 0.410 e. The summed E-state index contributed by atoms with van der Waals surface area (Å²) in [5.74, 6) is 0. The van der Waals surface area contributed by atoms with Crippen LogP contribution in [0.3, 0.4) is 0 Å². The van der Waals surface area contributed by atoms with Gasteiger partial charge < -0.3 is 19.3 Å². The zero-order chi connectivity index (χ0) is 33.9. The number of likely N-dealkylation sites (tertiary alicyclic amines) is 3. The number of fused-ring (bicyclic) bond motifs is 2. The minimum absolute atomic E-state index is 0.0898. The maximum absolute atomic E-state index is 12.4. The van der Waals surface area contributed by atoms with Crippen LogP contribution in [-0.2, 0) is 30.3 Å². The Morgan fingerprint density at radius 1 is 0.783 bits per heavy atom. The Bertz CT molecular complexity index is 1440. The van der Waals surface area contributed by atoms with Crippen LogP contribution in [0.1, 0.15) is 78.9 Å². The van der Waals surface area contributed by atoms with E-state index in [-0.39, 0.29) is 23.6 Å². The summed E-state index contributed by atoms with van der Waals surface area (Å²) in [4.78, 5) is 30.6. The molecule has 2 aromatic rings. The van der Waals surface area contributed by atoms with Gasteiger partial charge in [-0.05, 0) is 85.4 Å². The molecule has 3 aliphatic rings. The molecule has 4 atom stereocenters. The fourth-order valence-electron chi connectivity index (χ4n) is 6.12. The molecule has 5 rings (SSSR count). The molecule has 3 aliphatic heterocycles. The molecule has 2 amide bonds. The van der Waals surface area contributed by atoms with Gasteiger partial charge in [0.25, 0.3) is 10.1 Å². The molecular weight excluding hydrogens is 606 g/mol. The molecule has 0 aliphatic carbocycles. The van der Waals surface area contributed by atoms with Gasteiger partial charge in [0.1, 0.15) is 11.2 Å². The molecular formula is C35H51N3O7S. The van der Waals surface area contributed by atoms with Crippen molar-refractivity contribution in [1.82, 2.24) is 14.7 Å². The molecule has 3 saturated heterocycles. The third kappa shape index (κ3) is 9.68. The lowest BCUT2D eigenvalue weighted by molar-refractivity contribution is 0.0123. The summed E-state index contributed by atoms with van der Waals surface area (Å²) in [7, 11) is -3.86. The third-order valence-electron chi connectivity index (χ3n) is 8.26. The van der Waals surface area contributed by atoms with Crippen LogP contribution >= 0.6 is 0 Å². The number of amides is 2. The quantitative estimate of drug-likeness (QED) is 0.330. The van der Waals surface area contributed by atoms with Crippen LogP contribution in [0.15, 0.2) is 59.5 Å². The van der Waals surface area contributed by atoms with E-state index in [1.165, 1.54) is 17.7 Å². The van der Waals surface area contributed by atoms with Gasteiger partial charge in [0.15, 0.2) is 0 Å². The highest BCUT2D eigenvalue weighted by atomic mass is 32.2. The molecule has 0 unspecified atom stereocenters. The van der Waals surface area contributed by atoms with Gasteiger partial charge in [0, 0.05) is 37.8 Å². The molecule has 0 saturated carbocycles. The maximum Gasteiger partial charge on any atom is 0.410 e. The van der Waals surface area contributed by atoms with Crippen molar-refractivity contribution in [3.05, 3.63) is 65.7 Å². The largest absolute Gasteiger partial charge is 0.444 e. The lowest BCUT2D eigenvalue weighted by atomic mass is 10.1. The Labute approximate surface area is 275 Å². The Hall–Kier alpha value is -3.15. The van der Waals surface area contributed by atoms with E-state index in [2.05, 4.69) is 29.2 Å². The summed E-state index contributed by atoms with van der Waals surface area (Å²) in [6.45, 7) is 17.9. The fourth-order valence-corrected chi connectivity index (χ4v) is 7.20. The average Bonchev–Trinajstić information content (AvgIpc) is 3.66. The molecule has 254 valence electrons. The van der Waals surface area contributed by atoms with Crippen LogP contribution in [0.25, 0.3) is 0 Å². The normalized spacial score (nSPS) is 23.2. The zero-order valence-electron chi connectivity index (χ0n) is 28.6. The highest BCUT2D eigenvalue weighted by Crippen LogP contribution is 2.33. The first-order chi connectivity index (χ1) is 21.4. The van der Waals surface area contributed by atoms with E-state index in [0.29, 0.717) is 24.9 Å². The van der Waals surface area contributed by atoms with Crippen LogP contribution in [0, 0.1) is 6.92 Å². The van der Waals surface area contributed by atoms with Crippen molar-refractivity contribution >= 4 is 22.3 Å². The average molecular weight is 658 g/mol. The predicted octanol–water partition coefficient (Wildman–Crippen LogP) is 6.37. The van der Waals surface area contributed by atoms with Crippen LogP contribution in [0.2, 0.25) is 0 Å². The van der Waals surface area contributed by atoms with Gasteiger partial charge in [-0.1, -0.05) is 55.0 Å². The van der Waals surface area contributed by atoms with Gasteiger partial charge in [-0.15, -0.1) is 0 Å². The fraction of sp³-hybridized carbons (Fsp3) is 0.600. The first-order valence-corrected chi connectivity index (χ1v) is 17.6. The molecule has 0 radical (unpaired) electrons. The van der Waals surface area contributed by atoms with E-state index in [1.54, 1.807) is 37.8 Å². The van der Waals surface area contributed by atoms with Crippen molar-refractivity contribution in [3.8, 4) is 0 Å². The van der Waals surface area contributed by atoms with Gasteiger partial charge in [-0.25, -0.2) is 9.59 Å². The second kappa shape index (κ2) is 14.3. The molecule has 0 N–H and O–H groups in total. The molecule has 2 bridgehead atoms. The van der Waals surface area contributed by atoms with Crippen LogP contribution in [-0.4, -0.2) is 90.4 Å². The third-order valence-corrected chi connectivity index (χ3v) is 9.63. The lowest BCUT2D eigenvalue weighted by Gasteiger charge is -2.35. The van der Waals surface area contributed by atoms with E-state index >= 15 is 0 Å². The summed E-state index contributed by atoms with van der Waals surface area (Å²) in [5, 5.41) is 0. The SMILES string of the molecule is CC(C)(C)OC(=O)N1C[C@@H]2C[C@H]1CN2Cc1ccccc1.CC[C@H]1C[C@H](OS(=O)(=O)c2ccc(C)cc2)CN1C(=O)OC(C)(C)C. The molecule has 11 heteroatoms. The molecule has 3 fully saturated rings. The monoisotopic (exact) mass is 657 g/mol. The standard InChI is InChI=1S/C18H27NO5S.C17H24N2O2/c1-6-14-11-15(12-19(14)17(20)23-18(3,4)5)24-25(21,22)16-9-7-13(2)8-10-16;1-17(2,3)21-16(20)19-12-14-9-15(19)11-18(14)10-13-7-5-4-6-8-13/h7-10,14-15H,6,11-12H2,1-5H3;4-8,14-15H,9-12H2,1-3H3/t2*14-,15-/m00/s1. The van der Waals surface area contributed by atoms with Crippen LogP contribution in [0.5, 0.6) is 0 Å². The molecule has 46 heavy (non-hydrogen) atoms. The Balaban J connectivity index is 0.000000211. The van der Waals surface area contributed by atoms with Gasteiger partial charge in [0.2, 0.25) is 0 Å². The molecule has 2 aromatic carbocycles. The molecule has 10 nitrogen and oxygen atoms in total. The number of hydrogen-bond acceptors (Lipinski definition) is 8. The summed E-state index contributed by atoms with van der Waals surface area (Å²) in [5.41, 5.74) is 1.31. The Morgan fingerprint density at radius 2 is 1.37 bits per heavy atom. The van der Waals surface area contributed by atoms with E-state index in [1.807, 2.05) is 45.6 Å². The van der Waals surface area contributed by atoms with Crippen molar-refractivity contribution in [2.75, 3.05) is 19.6 Å². The van der Waals surface area contributed by atoms with E-state index in [9.17, 15) is 18.0 Å². The second-order valence-corrected chi connectivity index (χ2v) is 16.1. The highest BCUT2D eigenvalue weighted by Gasteiger charge is 2.46. The number of aryl methyl sites for hydroxylation is 1. The lowest BCUT2D eigenvalue weighted by Crippen LogP contribution is -2.49. The van der Waals surface area contributed by atoms with Crippen molar-refractivity contribution in [2.24, 2.45) is 0 Å². The van der Waals surface area contributed by atoms with E-state index in [4.69, 9.17) is 13.7 Å². The number of piperazine rings is 1. The topological polar surface area (TPSA) is 106 Å².